The van der Waals surface area contributed by atoms with Gasteiger partial charge in [-0.05, 0) is 11.6 Å². The smallest absolute Gasteiger partial charge is 0.225 e. The lowest BCUT2D eigenvalue weighted by Gasteiger charge is -2.27. The number of ether oxygens (including phenoxy) is 1. The number of nitrogens with one attached hydrogen (secondary N) is 1. The first-order valence-corrected chi connectivity index (χ1v) is 8.39. The van der Waals surface area contributed by atoms with E-state index in [4.69, 9.17) is 20.8 Å². The number of aromatic nitrogens is 2. The lowest BCUT2D eigenvalue weighted by molar-refractivity contribution is 0.122. The van der Waals surface area contributed by atoms with Crippen molar-refractivity contribution in [3.8, 4) is 0 Å². The van der Waals surface area contributed by atoms with Crippen molar-refractivity contribution >= 4 is 28.5 Å². The average Bonchev–Trinajstić information content (AvgIpc) is 2.98. The van der Waals surface area contributed by atoms with Gasteiger partial charge < -0.3 is 19.4 Å². The summed E-state index contributed by atoms with van der Waals surface area (Å²) < 4.78 is 11.5. The summed E-state index contributed by atoms with van der Waals surface area (Å²) in [5, 5.41) is 3.61. The standard InChI is InChI=1S/C15H20ClN5O2/c16-15-18-12-9-11(10-20-3-1-17-2-4-20)23-13(12)14(19-15)21-5-7-22-8-6-21/h9,17H,1-8,10H2. The van der Waals surface area contributed by atoms with Crippen LogP contribution in [-0.2, 0) is 11.3 Å². The molecule has 8 heteroatoms. The molecule has 2 aromatic rings. The number of rotatable bonds is 3. The van der Waals surface area contributed by atoms with E-state index in [0.717, 1.165) is 68.5 Å². The molecule has 1 N–H and O–H groups in total. The topological polar surface area (TPSA) is 66.7 Å². The van der Waals surface area contributed by atoms with Crippen molar-refractivity contribution in [1.29, 1.82) is 0 Å². The van der Waals surface area contributed by atoms with E-state index in [1.807, 2.05) is 6.07 Å². The van der Waals surface area contributed by atoms with Crippen LogP contribution in [-0.4, -0.2) is 67.4 Å². The monoisotopic (exact) mass is 337 g/mol. The summed E-state index contributed by atoms with van der Waals surface area (Å²) in [5.74, 6) is 1.68. The van der Waals surface area contributed by atoms with Crippen molar-refractivity contribution in [3.63, 3.8) is 0 Å². The van der Waals surface area contributed by atoms with Gasteiger partial charge in [0.1, 0.15) is 11.3 Å². The van der Waals surface area contributed by atoms with Crippen LogP contribution < -0.4 is 10.2 Å². The lowest BCUT2D eigenvalue weighted by atomic mass is 10.3. The van der Waals surface area contributed by atoms with E-state index in [1.54, 1.807) is 0 Å². The molecule has 4 rings (SSSR count). The average molecular weight is 338 g/mol. The first-order valence-electron chi connectivity index (χ1n) is 8.01. The van der Waals surface area contributed by atoms with Gasteiger partial charge in [-0.1, -0.05) is 0 Å². The maximum Gasteiger partial charge on any atom is 0.225 e. The van der Waals surface area contributed by atoms with Crippen LogP contribution in [0.4, 0.5) is 5.82 Å². The Morgan fingerprint density at radius 2 is 1.91 bits per heavy atom. The van der Waals surface area contributed by atoms with Gasteiger partial charge in [0.2, 0.25) is 5.28 Å². The highest BCUT2D eigenvalue weighted by Gasteiger charge is 2.21. The molecular formula is C15H20ClN5O2. The van der Waals surface area contributed by atoms with E-state index in [0.29, 0.717) is 13.2 Å². The van der Waals surface area contributed by atoms with E-state index < -0.39 is 0 Å². The van der Waals surface area contributed by atoms with E-state index in [1.165, 1.54) is 0 Å². The van der Waals surface area contributed by atoms with Gasteiger partial charge in [-0.3, -0.25) is 4.90 Å². The second-order valence-electron chi connectivity index (χ2n) is 5.87. The summed E-state index contributed by atoms with van der Waals surface area (Å²) in [6.45, 7) is 7.84. The molecule has 0 spiro atoms. The Morgan fingerprint density at radius 1 is 1.13 bits per heavy atom. The highest BCUT2D eigenvalue weighted by molar-refractivity contribution is 6.28. The molecule has 2 aromatic heterocycles. The predicted molar refractivity (Wildman–Crippen MR) is 88.0 cm³/mol. The third-order valence-corrected chi connectivity index (χ3v) is 4.45. The highest BCUT2D eigenvalue weighted by atomic mass is 35.5. The van der Waals surface area contributed by atoms with Gasteiger partial charge in [-0.15, -0.1) is 0 Å². The minimum atomic E-state index is 0.258. The Labute approximate surface area is 139 Å². The quantitative estimate of drug-likeness (QED) is 0.842. The summed E-state index contributed by atoms with van der Waals surface area (Å²) in [7, 11) is 0. The van der Waals surface area contributed by atoms with Gasteiger partial charge in [0.05, 0.1) is 19.8 Å². The Bertz CT molecular complexity index is 680. The third-order valence-electron chi connectivity index (χ3n) is 4.28. The highest BCUT2D eigenvalue weighted by Crippen LogP contribution is 2.29. The Hall–Kier alpha value is -1.41. The number of nitrogens with zero attached hydrogens (tertiary/aromatic N) is 4. The predicted octanol–water partition coefficient (Wildman–Crippen LogP) is 1.12. The van der Waals surface area contributed by atoms with Crippen LogP contribution in [0.1, 0.15) is 5.76 Å². The zero-order valence-corrected chi connectivity index (χ0v) is 13.7. The molecule has 0 saturated carbocycles. The number of fused-ring (bicyclic) bond motifs is 1. The summed E-state index contributed by atoms with van der Waals surface area (Å²) in [6, 6.07) is 1.98. The number of piperazine rings is 1. The molecule has 7 nitrogen and oxygen atoms in total. The summed E-state index contributed by atoms with van der Waals surface area (Å²) in [4.78, 5) is 13.2. The fourth-order valence-corrected chi connectivity index (χ4v) is 3.26. The van der Waals surface area contributed by atoms with Gasteiger partial charge >= 0.3 is 0 Å². The van der Waals surface area contributed by atoms with E-state index >= 15 is 0 Å². The van der Waals surface area contributed by atoms with Crippen LogP contribution in [0, 0.1) is 0 Å². The molecule has 4 heterocycles. The van der Waals surface area contributed by atoms with Crippen LogP contribution in [0.2, 0.25) is 5.28 Å². The van der Waals surface area contributed by atoms with E-state index in [9.17, 15) is 0 Å². The molecule has 2 aliphatic rings. The van der Waals surface area contributed by atoms with Crippen molar-refractivity contribution in [3.05, 3.63) is 17.1 Å². The molecule has 0 radical (unpaired) electrons. The van der Waals surface area contributed by atoms with Crippen LogP contribution in [0.25, 0.3) is 11.1 Å². The van der Waals surface area contributed by atoms with E-state index in [2.05, 4.69) is 25.1 Å². The van der Waals surface area contributed by atoms with Crippen LogP contribution in [0.5, 0.6) is 0 Å². The van der Waals surface area contributed by atoms with Gasteiger partial charge in [0.15, 0.2) is 11.4 Å². The molecule has 23 heavy (non-hydrogen) atoms. The fourth-order valence-electron chi connectivity index (χ4n) is 3.09. The number of morpholine rings is 1. The zero-order chi connectivity index (χ0) is 15.6. The molecule has 0 aromatic carbocycles. The summed E-state index contributed by atoms with van der Waals surface area (Å²) >= 11 is 6.10. The number of anilines is 1. The minimum absolute atomic E-state index is 0.258. The lowest BCUT2D eigenvalue weighted by Crippen LogP contribution is -2.42. The molecular weight excluding hydrogens is 318 g/mol. The Kier molecular flexibility index (Phi) is 4.35. The fraction of sp³-hybridized carbons (Fsp3) is 0.600. The number of hydrogen-bond acceptors (Lipinski definition) is 7. The maximum atomic E-state index is 6.10. The van der Waals surface area contributed by atoms with Crippen molar-refractivity contribution in [2.75, 3.05) is 57.4 Å². The van der Waals surface area contributed by atoms with Crippen LogP contribution in [0.15, 0.2) is 10.5 Å². The first-order chi connectivity index (χ1) is 11.3. The molecule has 0 bridgehead atoms. The van der Waals surface area contributed by atoms with Gasteiger partial charge in [0, 0.05) is 45.3 Å². The number of hydrogen-bond donors (Lipinski definition) is 1. The van der Waals surface area contributed by atoms with Crippen LogP contribution >= 0.6 is 11.6 Å². The Balaban J connectivity index is 1.63. The minimum Gasteiger partial charge on any atom is -0.454 e. The molecule has 0 amide bonds. The van der Waals surface area contributed by atoms with Gasteiger partial charge in [-0.25, -0.2) is 4.98 Å². The normalized spacial score (nSPS) is 20.3. The number of furan rings is 1. The molecule has 124 valence electrons. The molecule has 2 aliphatic heterocycles. The maximum absolute atomic E-state index is 6.10. The van der Waals surface area contributed by atoms with Crippen molar-refractivity contribution < 1.29 is 9.15 Å². The summed E-state index contributed by atoms with van der Waals surface area (Å²) in [5.41, 5.74) is 1.50. The molecule has 0 atom stereocenters. The second kappa shape index (κ2) is 6.60. The first kappa shape index (κ1) is 15.1. The molecule has 0 aliphatic carbocycles. The van der Waals surface area contributed by atoms with Crippen molar-refractivity contribution in [2.45, 2.75) is 6.54 Å². The SMILES string of the molecule is Clc1nc(N2CCOCC2)c2oc(CN3CCNCC3)cc2n1. The van der Waals surface area contributed by atoms with Gasteiger partial charge in [-0.2, -0.15) is 4.98 Å². The largest absolute Gasteiger partial charge is 0.454 e. The molecule has 2 fully saturated rings. The molecule has 0 unspecified atom stereocenters. The third kappa shape index (κ3) is 3.28. The zero-order valence-electron chi connectivity index (χ0n) is 12.9. The number of halogens is 1. The second-order valence-corrected chi connectivity index (χ2v) is 6.21. The molecule has 2 saturated heterocycles. The Morgan fingerprint density at radius 3 is 2.70 bits per heavy atom. The van der Waals surface area contributed by atoms with Gasteiger partial charge in [0.25, 0.3) is 0 Å². The summed E-state index contributed by atoms with van der Waals surface area (Å²) in [6.07, 6.45) is 0. The van der Waals surface area contributed by atoms with Crippen molar-refractivity contribution in [1.82, 2.24) is 20.2 Å². The van der Waals surface area contributed by atoms with Crippen LogP contribution in [0.3, 0.4) is 0 Å². The van der Waals surface area contributed by atoms with Crippen molar-refractivity contribution in [2.24, 2.45) is 0 Å². The van der Waals surface area contributed by atoms with E-state index in [-0.39, 0.29) is 5.28 Å².